The molecule has 2 aromatic rings. The van der Waals surface area contributed by atoms with Crippen molar-refractivity contribution in [2.24, 2.45) is 0 Å². The molecule has 1 heterocycles. The molecule has 0 spiro atoms. The van der Waals surface area contributed by atoms with Crippen LogP contribution in [0.4, 0.5) is 5.69 Å². The molecule has 1 aliphatic rings. The maximum absolute atomic E-state index is 12.4. The standard InChI is InChI=1S/C18H24N4OS/c1-12(24-17-21-19-11-22(17)15-9-10-15)16(23)20-14-7-5-13(6-8-14)18(2,3)4/h5-8,11-12,15H,9-10H2,1-4H3,(H,20,23)/t12-/m1/s1. The third kappa shape index (κ3) is 3.98. The monoisotopic (exact) mass is 344 g/mol. The van der Waals surface area contributed by atoms with E-state index in [1.54, 1.807) is 6.33 Å². The molecule has 1 saturated carbocycles. The summed E-state index contributed by atoms with van der Waals surface area (Å²) in [6.45, 7) is 8.43. The lowest BCUT2D eigenvalue weighted by atomic mass is 9.87. The third-order valence-electron chi connectivity index (χ3n) is 4.15. The fourth-order valence-electron chi connectivity index (χ4n) is 2.43. The average Bonchev–Trinajstić information content (AvgIpc) is 3.27. The lowest BCUT2D eigenvalue weighted by Crippen LogP contribution is -2.23. The quantitative estimate of drug-likeness (QED) is 0.832. The predicted molar refractivity (Wildman–Crippen MR) is 97.4 cm³/mol. The Balaban J connectivity index is 1.60. The highest BCUT2D eigenvalue weighted by atomic mass is 32.2. The minimum atomic E-state index is -0.228. The molecule has 128 valence electrons. The van der Waals surface area contributed by atoms with Gasteiger partial charge in [-0.3, -0.25) is 4.79 Å². The van der Waals surface area contributed by atoms with Crippen LogP contribution in [0.25, 0.3) is 0 Å². The molecule has 1 N–H and O–H groups in total. The molecular formula is C18H24N4OS. The van der Waals surface area contributed by atoms with Gasteiger partial charge in [0.1, 0.15) is 6.33 Å². The zero-order valence-corrected chi connectivity index (χ0v) is 15.4. The highest BCUT2D eigenvalue weighted by Gasteiger charge is 2.28. The van der Waals surface area contributed by atoms with Crippen molar-refractivity contribution in [3.05, 3.63) is 36.2 Å². The Kier molecular flexibility index (Phi) is 4.67. The van der Waals surface area contributed by atoms with Crippen molar-refractivity contribution < 1.29 is 4.79 Å². The van der Waals surface area contributed by atoms with Crippen molar-refractivity contribution in [1.82, 2.24) is 14.8 Å². The van der Waals surface area contributed by atoms with Gasteiger partial charge in [0.2, 0.25) is 5.91 Å². The minimum Gasteiger partial charge on any atom is -0.325 e. The van der Waals surface area contributed by atoms with E-state index in [9.17, 15) is 4.79 Å². The first-order valence-corrected chi connectivity index (χ1v) is 9.20. The molecule has 1 fully saturated rings. The fraction of sp³-hybridized carbons (Fsp3) is 0.500. The van der Waals surface area contributed by atoms with Crippen LogP contribution in [0.15, 0.2) is 35.7 Å². The number of nitrogens with zero attached hydrogens (tertiary/aromatic N) is 3. The first kappa shape index (κ1) is 17.0. The van der Waals surface area contributed by atoms with Gasteiger partial charge >= 0.3 is 0 Å². The first-order chi connectivity index (χ1) is 11.3. The van der Waals surface area contributed by atoms with E-state index in [4.69, 9.17) is 0 Å². The number of rotatable bonds is 5. The van der Waals surface area contributed by atoms with Gasteiger partial charge in [-0.2, -0.15) is 0 Å². The maximum atomic E-state index is 12.4. The first-order valence-electron chi connectivity index (χ1n) is 8.32. The van der Waals surface area contributed by atoms with E-state index in [0.717, 1.165) is 10.8 Å². The van der Waals surface area contributed by atoms with Crippen molar-refractivity contribution in [3.63, 3.8) is 0 Å². The SMILES string of the molecule is C[C@@H](Sc1nncn1C1CC1)C(=O)Nc1ccc(C(C)(C)C)cc1. The fourth-order valence-corrected chi connectivity index (χ4v) is 3.32. The largest absolute Gasteiger partial charge is 0.325 e. The van der Waals surface area contributed by atoms with E-state index in [2.05, 4.69) is 53.0 Å². The number of thioether (sulfide) groups is 1. The molecule has 1 aromatic heterocycles. The smallest absolute Gasteiger partial charge is 0.237 e. The Morgan fingerprint density at radius 1 is 1.29 bits per heavy atom. The van der Waals surface area contributed by atoms with E-state index >= 15 is 0 Å². The number of carbonyl (C=O) groups excluding carboxylic acids is 1. The van der Waals surface area contributed by atoms with Crippen molar-refractivity contribution in [2.45, 2.75) is 62.4 Å². The minimum absolute atomic E-state index is 0.0196. The van der Waals surface area contributed by atoms with Gasteiger partial charge in [-0.25, -0.2) is 0 Å². The Hall–Kier alpha value is -1.82. The van der Waals surface area contributed by atoms with Gasteiger partial charge in [0, 0.05) is 11.7 Å². The van der Waals surface area contributed by atoms with E-state index in [1.165, 1.54) is 30.2 Å². The Morgan fingerprint density at radius 2 is 1.96 bits per heavy atom. The molecule has 0 bridgehead atoms. The van der Waals surface area contributed by atoms with Crippen LogP contribution in [-0.4, -0.2) is 25.9 Å². The summed E-state index contributed by atoms with van der Waals surface area (Å²) in [5.41, 5.74) is 2.18. The molecule has 6 heteroatoms. The van der Waals surface area contributed by atoms with Crippen LogP contribution >= 0.6 is 11.8 Å². The number of carbonyl (C=O) groups is 1. The number of hydrogen-bond acceptors (Lipinski definition) is 4. The molecule has 24 heavy (non-hydrogen) atoms. The van der Waals surface area contributed by atoms with Crippen LogP contribution in [-0.2, 0) is 10.2 Å². The molecule has 0 aliphatic heterocycles. The molecule has 1 amide bonds. The van der Waals surface area contributed by atoms with Gasteiger partial charge in [0.05, 0.1) is 5.25 Å². The van der Waals surface area contributed by atoms with Crippen LogP contribution in [0.3, 0.4) is 0 Å². The Labute approximate surface area is 147 Å². The maximum Gasteiger partial charge on any atom is 0.237 e. The van der Waals surface area contributed by atoms with Gasteiger partial charge in [-0.05, 0) is 42.9 Å². The number of anilines is 1. The summed E-state index contributed by atoms with van der Waals surface area (Å²) in [7, 11) is 0. The molecule has 1 aromatic carbocycles. The number of benzene rings is 1. The van der Waals surface area contributed by atoms with E-state index in [0.29, 0.717) is 6.04 Å². The lowest BCUT2D eigenvalue weighted by molar-refractivity contribution is -0.115. The van der Waals surface area contributed by atoms with Crippen LogP contribution in [0.5, 0.6) is 0 Å². The van der Waals surface area contributed by atoms with Gasteiger partial charge in [0.15, 0.2) is 5.16 Å². The molecular weight excluding hydrogens is 320 g/mol. The summed E-state index contributed by atoms with van der Waals surface area (Å²) in [6, 6.07) is 8.57. The van der Waals surface area contributed by atoms with Crippen molar-refractivity contribution in [1.29, 1.82) is 0 Å². The van der Waals surface area contributed by atoms with Crippen LogP contribution in [0, 0.1) is 0 Å². The topological polar surface area (TPSA) is 59.8 Å². The molecule has 5 nitrogen and oxygen atoms in total. The predicted octanol–water partition coefficient (Wildman–Crippen LogP) is 4.03. The summed E-state index contributed by atoms with van der Waals surface area (Å²) in [5, 5.41) is 11.7. The zero-order chi connectivity index (χ0) is 17.3. The summed E-state index contributed by atoms with van der Waals surface area (Å²) in [6.07, 6.45) is 4.11. The number of nitrogens with one attached hydrogen (secondary N) is 1. The van der Waals surface area contributed by atoms with Gasteiger partial charge in [-0.15, -0.1) is 10.2 Å². The van der Waals surface area contributed by atoms with E-state index < -0.39 is 0 Å². The molecule has 0 unspecified atom stereocenters. The normalized spacial score (nSPS) is 16.0. The van der Waals surface area contributed by atoms with Gasteiger partial charge < -0.3 is 9.88 Å². The summed E-state index contributed by atoms with van der Waals surface area (Å²) >= 11 is 1.46. The molecule has 1 aliphatic carbocycles. The summed E-state index contributed by atoms with van der Waals surface area (Å²) < 4.78 is 2.08. The number of amides is 1. The van der Waals surface area contributed by atoms with Crippen LogP contribution < -0.4 is 5.32 Å². The van der Waals surface area contributed by atoms with Gasteiger partial charge in [0.25, 0.3) is 0 Å². The van der Waals surface area contributed by atoms with Crippen LogP contribution in [0.1, 0.15) is 52.1 Å². The molecule has 3 rings (SSSR count). The Morgan fingerprint density at radius 3 is 2.54 bits per heavy atom. The second kappa shape index (κ2) is 6.59. The van der Waals surface area contributed by atoms with Crippen molar-refractivity contribution in [3.8, 4) is 0 Å². The second-order valence-corrected chi connectivity index (χ2v) is 8.64. The van der Waals surface area contributed by atoms with Gasteiger partial charge in [-0.1, -0.05) is 44.7 Å². The molecule has 0 radical (unpaired) electrons. The number of hydrogen-bond donors (Lipinski definition) is 1. The summed E-state index contributed by atoms with van der Waals surface area (Å²) in [5.74, 6) is -0.0196. The highest BCUT2D eigenvalue weighted by molar-refractivity contribution is 8.00. The van der Waals surface area contributed by atoms with Crippen LogP contribution in [0.2, 0.25) is 0 Å². The highest BCUT2D eigenvalue weighted by Crippen LogP contribution is 2.38. The Bertz CT molecular complexity index is 713. The number of aromatic nitrogens is 3. The second-order valence-electron chi connectivity index (χ2n) is 7.33. The van der Waals surface area contributed by atoms with Crippen molar-refractivity contribution in [2.75, 3.05) is 5.32 Å². The van der Waals surface area contributed by atoms with E-state index in [1.807, 2.05) is 19.1 Å². The summed E-state index contributed by atoms with van der Waals surface area (Å²) in [4.78, 5) is 12.4. The zero-order valence-electron chi connectivity index (χ0n) is 14.6. The molecule has 0 saturated heterocycles. The average molecular weight is 344 g/mol. The lowest BCUT2D eigenvalue weighted by Gasteiger charge is -2.19. The van der Waals surface area contributed by atoms with E-state index in [-0.39, 0.29) is 16.6 Å². The molecule has 1 atom stereocenters. The third-order valence-corrected chi connectivity index (χ3v) is 5.22. The van der Waals surface area contributed by atoms with Crippen molar-refractivity contribution >= 4 is 23.4 Å².